The summed E-state index contributed by atoms with van der Waals surface area (Å²) in [7, 11) is 0. The molecular weight excluding hydrogens is 292 g/mol. The Labute approximate surface area is 148 Å². The molecule has 1 saturated carbocycles. The summed E-state index contributed by atoms with van der Waals surface area (Å²) in [6, 6.07) is 7.45. The van der Waals surface area contributed by atoms with E-state index < -0.39 is 0 Å². The Hall–Kier alpha value is -0.860. The first kappa shape index (κ1) is 17.9. The van der Waals surface area contributed by atoms with Gasteiger partial charge in [0.2, 0.25) is 0 Å². The minimum atomic E-state index is 0.141. The summed E-state index contributed by atoms with van der Waals surface area (Å²) in [5.41, 5.74) is 17.5. The predicted octanol–water partition coefficient (Wildman–Crippen LogP) is 4.50. The Bertz CT molecular complexity index is 594. The maximum atomic E-state index is 6.28. The Balaban J connectivity index is 1.97. The van der Waals surface area contributed by atoms with Crippen LogP contribution in [-0.2, 0) is 11.8 Å². The second kappa shape index (κ2) is 6.46. The molecule has 1 unspecified atom stereocenters. The van der Waals surface area contributed by atoms with Crippen LogP contribution in [0.2, 0.25) is 0 Å². The zero-order valence-corrected chi connectivity index (χ0v) is 16.1. The third kappa shape index (κ3) is 2.93. The van der Waals surface area contributed by atoms with Crippen LogP contribution in [0, 0.1) is 11.3 Å². The topological polar surface area (TPSA) is 52.0 Å². The number of benzene rings is 1. The van der Waals surface area contributed by atoms with Crippen molar-refractivity contribution in [2.75, 3.05) is 6.54 Å². The van der Waals surface area contributed by atoms with E-state index in [1.165, 1.54) is 37.7 Å². The maximum absolute atomic E-state index is 6.28. The summed E-state index contributed by atoms with van der Waals surface area (Å²) in [5.74, 6) is 1.34. The molecule has 0 saturated heterocycles. The van der Waals surface area contributed by atoms with E-state index in [0.29, 0.717) is 23.3 Å². The van der Waals surface area contributed by atoms with Crippen molar-refractivity contribution in [3.8, 4) is 0 Å². The van der Waals surface area contributed by atoms with Gasteiger partial charge in [-0.1, -0.05) is 52.3 Å². The van der Waals surface area contributed by atoms with Crippen LogP contribution in [-0.4, -0.2) is 12.6 Å². The minimum Gasteiger partial charge on any atom is -0.329 e. The highest BCUT2D eigenvalue weighted by Crippen LogP contribution is 2.58. The second-order valence-electron chi connectivity index (χ2n) is 9.29. The van der Waals surface area contributed by atoms with Crippen molar-refractivity contribution < 1.29 is 0 Å². The second-order valence-corrected chi connectivity index (χ2v) is 9.29. The predicted molar refractivity (Wildman–Crippen MR) is 103 cm³/mol. The van der Waals surface area contributed by atoms with Crippen molar-refractivity contribution >= 4 is 0 Å². The first-order chi connectivity index (χ1) is 11.3. The fourth-order valence-corrected chi connectivity index (χ4v) is 5.93. The van der Waals surface area contributed by atoms with E-state index in [9.17, 15) is 0 Å². The quantitative estimate of drug-likeness (QED) is 0.855. The van der Waals surface area contributed by atoms with Gasteiger partial charge in [0, 0.05) is 12.6 Å². The van der Waals surface area contributed by atoms with Gasteiger partial charge in [0.25, 0.3) is 0 Å². The van der Waals surface area contributed by atoms with Crippen LogP contribution in [0.15, 0.2) is 18.2 Å². The van der Waals surface area contributed by atoms with Gasteiger partial charge in [0.05, 0.1) is 0 Å². The lowest BCUT2D eigenvalue weighted by Gasteiger charge is -2.56. The summed E-state index contributed by atoms with van der Waals surface area (Å²) < 4.78 is 0. The average molecular weight is 329 g/mol. The highest BCUT2D eigenvalue weighted by Gasteiger charge is 2.51. The fraction of sp³-hybridized carbons (Fsp3) is 0.727. The minimum absolute atomic E-state index is 0.141. The molecule has 0 spiro atoms. The van der Waals surface area contributed by atoms with E-state index in [2.05, 4.69) is 45.9 Å². The molecule has 134 valence electrons. The molecule has 2 aliphatic carbocycles. The number of fused-ring (bicyclic) bond motifs is 3. The highest BCUT2D eigenvalue weighted by atomic mass is 14.7. The van der Waals surface area contributed by atoms with E-state index in [1.807, 2.05) is 0 Å². The lowest BCUT2D eigenvalue weighted by Crippen LogP contribution is -2.51. The number of hydrogen-bond donors (Lipinski definition) is 2. The van der Waals surface area contributed by atoms with E-state index in [4.69, 9.17) is 11.5 Å². The lowest BCUT2D eigenvalue weighted by atomic mass is 9.48. The van der Waals surface area contributed by atoms with Gasteiger partial charge in [-0.25, -0.2) is 0 Å². The molecule has 0 aromatic heterocycles. The molecule has 2 aliphatic rings. The van der Waals surface area contributed by atoms with Crippen LogP contribution < -0.4 is 11.5 Å². The summed E-state index contributed by atoms with van der Waals surface area (Å²) in [6.45, 7) is 10.2. The number of rotatable bonds is 4. The molecule has 0 radical (unpaired) electrons. The first-order valence-corrected chi connectivity index (χ1v) is 9.89. The fourth-order valence-electron chi connectivity index (χ4n) is 5.93. The van der Waals surface area contributed by atoms with Gasteiger partial charge < -0.3 is 11.5 Å². The smallest absolute Gasteiger partial charge is 0.0168 e. The molecule has 2 nitrogen and oxygen atoms in total. The van der Waals surface area contributed by atoms with E-state index in [0.717, 1.165) is 12.3 Å². The third-order valence-electron chi connectivity index (χ3n) is 7.20. The first-order valence-electron chi connectivity index (χ1n) is 9.89. The standard InChI is InChI=1S/C22H36N2/c1-15(2)16-6-8-19-17(12-16)7-9-20-21(3,13-18(24)14-23)10-5-11-22(19,20)4/h6,8,12,15,18,20H,5,7,9-11,13-14,23-24H2,1-4H3/t18?,20-,21+,22+/m0/s1. The molecule has 0 bridgehead atoms. The number of nitrogens with two attached hydrogens (primary N) is 2. The van der Waals surface area contributed by atoms with Crippen LogP contribution in [0.4, 0.5) is 0 Å². The molecule has 4 atom stereocenters. The van der Waals surface area contributed by atoms with Gasteiger partial charge >= 0.3 is 0 Å². The van der Waals surface area contributed by atoms with Crippen molar-refractivity contribution in [1.29, 1.82) is 0 Å². The van der Waals surface area contributed by atoms with Crippen molar-refractivity contribution in [2.45, 2.75) is 83.6 Å². The Morgan fingerprint density at radius 3 is 2.62 bits per heavy atom. The van der Waals surface area contributed by atoms with Gasteiger partial charge in [-0.05, 0) is 71.5 Å². The molecule has 0 heterocycles. The van der Waals surface area contributed by atoms with E-state index in [1.54, 1.807) is 11.1 Å². The molecule has 1 fully saturated rings. The zero-order chi connectivity index (χ0) is 17.5. The molecule has 1 aromatic carbocycles. The Kier molecular flexibility index (Phi) is 4.83. The van der Waals surface area contributed by atoms with Crippen LogP contribution in [0.3, 0.4) is 0 Å². The van der Waals surface area contributed by atoms with Crippen molar-refractivity contribution in [3.05, 3.63) is 34.9 Å². The Morgan fingerprint density at radius 1 is 1.21 bits per heavy atom. The van der Waals surface area contributed by atoms with Gasteiger partial charge in [0.1, 0.15) is 0 Å². The number of aryl methyl sites for hydroxylation is 1. The van der Waals surface area contributed by atoms with Crippen LogP contribution in [0.5, 0.6) is 0 Å². The molecule has 1 aromatic rings. The molecule has 24 heavy (non-hydrogen) atoms. The normalized spacial score (nSPS) is 33.9. The van der Waals surface area contributed by atoms with Crippen molar-refractivity contribution in [2.24, 2.45) is 22.8 Å². The molecule has 0 amide bonds. The third-order valence-corrected chi connectivity index (χ3v) is 7.20. The molecular formula is C22H36N2. The Morgan fingerprint density at radius 2 is 1.96 bits per heavy atom. The number of hydrogen-bond acceptors (Lipinski definition) is 2. The van der Waals surface area contributed by atoms with Crippen LogP contribution in [0.1, 0.15) is 82.4 Å². The van der Waals surface area contributed by atoms with E-state index >= 15 is 0 Å². The molecule has 0 aliphatic heterocycles. The van der Waals surface area contributed by atoms with Crippen molar-refractivity contribution in [3.63, 3.8) is 0 Å². The van der Waals surface area contributed by atoms with Crippen LogP contribution in [0.25, 0.3) is 0 Å². The highest BCUT2D eigenvalue weighted by molar-refractivity contribution is 5.42. The SMILES string of the molecule is CC(C)c1ccc2c(c1)CC[C@H]1[C@@](C)(CC(N)CN)CCC[C@]21C. The summed E-state index contributed by atoms with van der Waals surface area (Å²) >= 11 is 0. The molecule has 3 rings (SSSR count). The van der Waals surface area contributed by atoms with Crippen molar-refractivity contribution in [1.82, 2.24) is 0 Å². The van der Waals surface area contributed by atoms with Gasteiger partial charge in [-0.2, -0.15) is 0 Å². The zero-order valence-electron chi connectivity index (χ0n) is 16.1. The summed E-state index contributed by atoms with van der Waals surface area (Å²) in [4.78, 5) is 0. The lowest BCUT2D eigenvalue weighted by molar-refractivity contribution is 0.0143. The largest absolute Gasteiger partial charge is 0.329 e. The van der Waals surface area contributed by atoms with E-state index in [-0.39, 0.29) is 6.04 Å². The maximum Gasteiger partial charge on any atom is 0.0168 e. The molecule has 2 heteroatoms. The summed E-state index contributed by atoms with van der Waals surface area (Å²) in [6.07, 6.45) is 7.54. The summed E-state index contributed by atoms with van der Waals surface area (Å²) in [5, 5.41) is 0. The average Bonchev–Trinajstić information content (AvgIpc) is 2.53. The van der Waals surface area contributed by atoms with Gasteiger partial charge in [0.15, 0.2) is 0 Å². The van der Waals surface area contributed by atoms with Gasteiger partial charge in [-0.3, -0.25) is 0 Å². The molecule has 4 N–H and O–H groups in total. The van der Waals surface area contributed by atoms with Gasteiger partial charge in [-0.15, -0.1) is 0 Å². The van der Waals surface area contributed by atoms with Crippen LogP contribution >= 0.6 is 0 Å². The monoisotopic (exact) mass is 328 g/mol.